The minimum atomic E-state index is -0.354. The van der Waals surface area contributed by atoms with Crippen LogP contribution >= 0.6 is 15.9 Å². The summed E-state index contributed by atoms with van der Waals surface area (Å²) in [7, 11) is 0. The Morgan fingerprint density at radius 3 is 2.39 bits per heavy atom. The predicted molar refractivity (Wildman–Crippen MR) is 113 cm³/mol. The van der Waals surface area contributed by atoms with Gasteiger partial charge in [0.05, 0.1) is 12.5 Å². The van der Waals surface area contributed by atoms with Crippen LogP contribution in [0, 0.1) is 5.92 Å². The number of halogens is 1. The van der Waals surface area contributed by atoms with Gasteiger partial charge in [0.15, 0.2) is 0 Å². The summed E-state index contributed by atoms with van der Waals surface area (Å²) in [6, 6.07) is 7.26. The Balaban J connectivity index is 1.89. The lowest BCUT2D eigenvalue weighted by Crippen LogP contribution is -2.44. The van der Waals surface area contributed by atoms with Crippen LogP contribution in [0.15, 0.2) is 28.7 Å². The van der Waals surface area contributed by atoms with E-state index in [2.05, 4.69) is 33.5 Å². The van der Waals surface area contributed by atoms with Crippen molar-refractivity contribution in [3.8, 4) is 0 Å². The Hall–Kier alpha value is -1.89. The van der Waals surface area contributed by atoms with E-state index in [0.29, 0.717) is 25.9 Å². The molecule has 1 heterocycles. The van der Waals surface area contributed by atoms with Crippen LogP contribution < -0.4 is 10.6 Å². The van der Waals surface area contributed by atoms with E-state index in [-0.39, 0.29) is 36.1 Å². The number of nitrogens with one attached hydrogen (secondary N) is 2. The third kappa shape index (κ3) is 6.93. The summed E-state index contributed by atoms with van der Waals surface area (Å²) < 4.78 is 0.948. The molecule has 7 heteroatoms. The van der Waals surface area contributed by atoms with Gasteiger partial charge in [-0.3, -0.25) is 14.4 Å². The van der Waals surface area contributed by atoms with E-state index in [1.807, 2.05) is 29.2 Å². The van der Waals surface area contributed by atoms with Gasteiger partial charge in [-0.15, -0.1) is 0 Å². The van der Waals surface area contributed by atoms with Crippen LogP contribution in [-0.4, -0.2) is 42.3 Å². The Kier molecular flexibility index (Phi) is 8.96. The third-order valence-electron chi connectivity index (χ3n) is 5.08. The van der Waals surface area contributed by atoms with Crippen molar-refractivity contribution < 1.29 is 14.4 Å². The quantitative estimate of drug-likeness (QED) is 0.595. The number of carbonyl (C=O) groups is 3. The number of benzene rings is 1. The molecule has 154 valence electrons. The average Bonchev–Trinajstić information content (AvgIpc) is 2.68. The minimum Gasteiger partial charge on any atom is -0.356 e. The molecule has 0 radical (unpaired) electrons. The minimum absolute atomic E-state index is 0.00603. The zero-order valence-corrected chi connectivity index (χ0v) is 18.3. The molecule has 28 heavy (non-hydrogen) atoms. The van der Waals surface area contributed by atoms with Crippen molar-refractivity contribution >= 4 is 33.7 Å². The topological polar surface area (TPSA) is 78.5 Å². The smallest absolute Gasteiger partial charge is 0.224 e. The molecule has 3 amide bonds. The highest BCUT2D eigenvalue weighted by atomic mass is 79.9. The zero-order chi connectivity index (χ0) is 20.5. The van der Waals surface area contributed by atoms with Crippen LogP contribution in [0.1, 0.15) is 57.6 Å². The number of piperidine rings is 1. The molecule has 2 N–H and O–H groups in total. The predicted octanol–water partition coefficient (Wildman–Crippen LogP) is 3.17. The summed E-state index contributed by atoms with van der Waals surface area (Å²) in [6.45, 7) is 5.44. The van der Waals surface area contributed by atoms with Crippen LogP contribution in [0.3, 0.4) is 0 Å². The van der Waals surface area contributed by atoms with E-state index in [4.69, 9.17) is 0 Å². The second-order valence-electron chi connectivity index (χ2n) is 7.31. The number of unbranched alkanes of at least 4 members (excludes halogenated alkanes) is 1. The number of carbonyl (C=O) groups excluding carboxylic acids is 3. The Morgan fingerprint density at radius 1 is 1.18 bits per heavy atom. The molecule has 1 aromatic carbocycles. The molecule has 6 nitrogen and oxygen atoms in total. The van der Waals surface area contributed by atoms with Gasteiger partial charge in [-0.1, -0.05) is 41.4 Å². The molecule has 1 aliphatic rings. The molecule has 1 aliphatic heterocycles. The number of amides is 3. The van der Waals surface area contributed by atoms with Crippen LogP contribution in [-0.2, 0) is 14.4 Å². The van der Waals surface area contributed by atoms with Crippen molar-refractivity contribution in [2.45, 2.75) is 52.0 Å². The van der Waals surface area contributed by atoms with Crippen molar-refractivity contribution in [1.82, 2.24) is 15.5 Å². The second kappa shape index (κ2) is 11.2. The van der Waals surface area contributed by atoms with Crippen molar-refractivity contribution in [1.29, 1.82) is 0 Å². The van der Waals surface area contributed by atoms with Crippen LogP contribution in [0.2, 0.25) is 0 Å². The molecular formula is C21H30BrN3O3. The lowest BCUT2D eigenvalue weighted by Gasteiger charge is -2.32. The second-order valence-corrected chi connectivity index (χ2v) is 8.22. The number of rotatable bonds is 8. The summed E-state index contributed by atoms with van der Waals surface area (Å²) in [4.78, 5) is 38.4. The van der Waals surface area contributed by atoms with Gasteiger partial charge in [-0.25, -0.2) is 0 Å². The Morgan fingerprint density at radius 2 is 1.82 bits per heavy atom. The standard InChI is InChI=1S/C21H30BrN3O3/c1-3-4-11-23-21(28)17-9-12-25(13-10-17)20(27)14-19(24-15(2)26)16-5-7-18(22)8-6-16/h5-8,17,19H,3-4,9-14H2,1-2H3,(H,23,28)(H,24,26). The van der Waals surface area contributed by atoms with Gasteiger partial charge in [-0.2, -0.15) is 0 Å². The first-order valence-electron chi connectivity index (χ1n) is 9.98. The van der Waals surface area contributed by atoms with Gasteiger partial charge < -0.3 is 15.5 Å². The van der Waals surface area contributed by atoms with Crippen molar-refractivity contribution in [2.75, 3.05) is 19.6 Å². The molecule has 0 spiro atoms. The number of hydrogen-bond acceptors (Lipinski definition) is 3. The lowest BCUT2D eigenvalue weighted by atomic mass is 9.95. The molecule has 0 aromatic heterocycles. The maximum atomic E-state index is 12.8. The third-order valence-corrected chi connectivity index (χ3v) is 5.61. The SMILES string of the molecule is CCCCNC(=O)C1CCN(C(=O)CC(NC(C)=O)c2ccc(Br)cc2)CC1. The van der Waals surface area contributed by atoms with Gasteiger partial charge in [0.25, 0.3) is 0 Å². The maximum Gasteiger partial charge on any atom is 0.224 e. The first-order chi connectivity index (χ1) is 13.4. The molecule has 0 bridgehead atoms. The molecule has 1 aromatic rings. The summed E-state index contributed by atoms with van der Waals surface area (Å²) in [5, 5.41) is 5.86. The van der Waals surface area contributed by atoms with Crippen molar-refractivity contribution in [3.05, 3.63) is 34.3 Å². The lowest BCUT2D eigenvalue weighted by molar-refractivity contribution is -0.136. The van der Waals surface area contributed by atoms with E-state index in [1.165, 1.54) is 6.92 Å². The van der Waals surface area contributed by atoms with E-state index in [1.54, 1.807) is 0 Å². The fraction of sp³-hybridized carbons (Fsp3) is 0.571. The van der Waals surface area contributed by atoms with E-state index < -0.39 is 0 Å². The van der Waals surface area contributed by atoms with Crippen LogP contribution in [0.4, 0.5) is 0 Å². The molecule has 0 aliphatic carbocycles. The summed E-state index contributed by atoms with van der Waals surface area (Å²) in [6.07, 6.45) is 3.64. The summed E-state index contributed by atoms with van der Waals surface area (Å²) >= 11 is 3.40. The first kappa shape index (κ1) is 22.4. The number of nitrogens with zero attached hydrogens (tertiary/aromatic N) is 1. The zero-order valence-electron chi connectivity index (χ0n) is 16.7. The van der Waals surface area contributed by atoms with E-state index in [0.717, 1.165) is 29.4 Å². The molecule has 1 unspecified atom stereocenters. The molecule has 1 atom stereocenters. The summed E-state index contributed by atoms with van der Waals surface area (Å²) in [5.74, 6) is -0.0697. The number of likely N-dealkylation sites (tertiary alicyclic amines) is 1. The fourth-order valence-electron chi connectivity index (χ4n) is 3.42. The van der Waals surface area contributed by atoms with Gasteiger partial charge >= 0.3 is 0 Å². The van der Waals surface area contributed by atoms with Gasteiger partial charge in [-0.05, 0) is 37.0 Å². The maximum absolute atomic E-state index is 12.8. The van der Waals surface area contributed by atoms with Crippen molar-refractivity contribution in [2.24, 2.45) is 5.92 Å². The number of hydrogen-bond donors (Lipinski definition) is 2. The molecule has 1 saturated heterocycles. The van der Waals surface area contributed by atoms with Crippen molar-refractivity contribution in [3.63, 3.8) is 0 Å². The normalized spacial score (nSPS) is 15.8. The average molecular weight is 452 g/mol. The largest absolute Gasteiger partial charge is 0.356 e. The molecular weight excluding hydrogens is 422 g/mol. The fourth-order valence-corrected chi connectivity index (χ4v) is 3.68. The first-order valence-corrected chi connectivity index (χ1v) is 10.8. The molecule has 2 rings (SSSR count). The summed E-state index contributed by atoms with van der Waals surface area (Å²) in [5.41, 5.74) is 0.900. The van der Waals surface area contributed by atoms with Gasteiger partial charge in [0, 0.05) is 36.9 Å². The Labute approximate surface area is 175 Å². The Bertz CT molecular complexity index is 670. The highest BCUT2D eigenvalue weighted by molar-refractivity contribution is 9.10. The van der Waals surface area contributed by atoms with Crippen LogP contribution in [0.25, 0.3) is 0 Å². The van der Waals surface area contributed by atoms with E-state index in [9.17, 15) is 14.4 Å². The van der Waals surface area contributed by atoms with E-state index >= 15 is 0 Å². The highest BCUT2D eigenvalue weighted by Gasteiger charge is 2.28. The van der Waals surface area contributed by atoms with Gasteiger partial charge in [0.1, 0.15) is 0 Å². The molecule has 1 fully saturated rings. The molecule has 0 saturated carbocycles. The van der Waals surface area contributed by atoms with Gasteiger partial charge in [0.2, 0.25) is 17.7 Å². The monoisotopic (exact) mass is 451 g/mol. The van der Waals surface area contributed by atoms with Crippen LogP contribution in [0.5, 0.6) is 0 Å². The highest BCUT2D eigenvalue weighted by Crippen LogP contribution is 2.23.